The molecule has 0 fully saturated rings. The number of para-hydroxylation sites is 1. The van der Waals surface area contributed by atoms with Crippen molar-refractivity contribution in [1.29, 1.82) is 0 Å². The molecule has 1 amide bonds. The lowest BCUT2D eigenvalue weighted by molar-refractivity contribution is -0.124. The van der Waals surface area contributed by atoms with Gasteiger partial charge in [0.15, 0.2) is 6.61 Å². The van der Waals surface area contributed by atoms with Crippen molar-refractivity contribution in [2.45, 2.75) is 25.3 Å². The van der Waals surface area contributed by atoms with Gasteiger partial charge >= 0.3 is 5.97 Å². The maximum Gasteiger partial charge on any atom is 0.338 e. The molecule has 31 heavy (non-hydrogen) atoms. The molecular formula is C21H25ClN2O6S. The summed E-state index contributed by atoms with van der Waals surface area (Å²) in [6, 6.07) is 11.0. The van der Waals surface area contributed by atoms with Gasteiger partial charge in [-0.2, -0.15) is 4.31 Å². The van der Waals surface area contributed by atoms with Gasteiger partial charge in [0.2, 0.25) is 10.0 Å². The minimum absolute atomic E-state index is 0.00185. The Balaban J connectivity index is 2.03. The summed E-state index contributed by atoms with van der Waals surface area (Å²) in [5.41, 5.74) is 0.751. The summed E-state index contributed by atoms with van der Waals surface area (Å²) in [6.07, 6.45) is 0. The highest BCUT2D eigenvalue weighted by Crippen LogP contribution is 2.26. The van der Waals surface area contributed by atoms with Crippen LogP contribution in [0.15, 0.2) is 47.4 Å². The Morgan fingerprint density at radius 1 is 1.10 bits per heavy atom. The number of ether oxygens (including phenoxy) is 2. The fourth-order valence-electron chi connectivity index (χ4n) is 2.84. The molecule has 0 aliphatic heterocycles. The van der Waals surface area contributed by atoms with Crippen molar-refractivity contribution >= 4 is 33.5 Å². The van der Waals surface area contributed by atoms with E-state index in [1.165, 1.54) is 23.5 Å². The predicted molar refractivity (Wildman–Crippen MR) is 117 cm³/mol. The Hall–Kier alpha value is -2.62. The Bertz CT molecular complexity index is 1040. The number of nitrogens with one attached hydrogen (secondary N) is 1. The van der Waals surface area contributed by atoms with Crippen molar-refractivity contribution in [2.24, 2.45) is 0 Å². The van der Waals surface area contributed by atoms with Crippen LogP contribution in [0.5, 0.6) is 5.75 Å². The molecule has 0 atom stereocenters. The maximum absolute atomic E-state index is 12.7. The van der Waals surface area contributed by atoms with E-state index in [0.717, 1.165) is 11.6 Å². The van der Waals surface area contributed by atoms with Crippen molar-refractivity contribution in [3.05, 3.63) is 58.6 Å². The number of hydrogen-bond donors (Lipinski definition) is 1. The average Bonchev–Trinajstić information content (AvgIpc) is 2.76. The molecule has 2 rings (SSSR count). The average molecular weight is 469 g/mol. The van der Waals surface area contributed by atoms with Crippen LogP contribution in [0.4, 0.5) is 0 Å². The van der Waals surface area contributed by atoms with Gasteiger partial charge in [0, 0.05) is 25.2 Å². The SMILES string of the molecule is CCN(CC)S(=O)(=O)c1cc(C(=O)OCC(=O)NCc2ccccc2OC)ccc1Cl. The van der Waals surface area contributed by atoms with Crippen LogP contribution in [-0.4, -0.2) is 51.4 Å². The van der Waals surface area contributed by atoms with Crippen molar-refractivity contribution in [1.82, 2.24) is 9.62 Å². The molecule has 0 aliphatic carbocycles. The summed E-state index contributed by atoms with van der Waals surface area (Å²) in [4.78, 5) is 24.2. The van der Waals surface area contributed by atoms with Gasteiger partial charge in [-0.25, -0.2) is 13.2 Å². The minimum Gasteiger partial charge on any atom is -0.496 e. The standard InChI is InChI=1S/C21H25ClN2O6S/c1-4-24(5-2)31(27,28)19-12-15(10-11-17(19)22)21(26)30-14-20(25)23-13-16-8-6-7-9-18(16)29-3/h6-12H,4-5,13-14H2,1-3H3,(H,23,25). The second-order valence-electron chi connectivity index (χ2n) is 6.40. The number of nitrogens with zero attached hydrogens (tertiary/aromatic N) is 1. The van der Waals surface area contributed by atoms with Crippen molar-refractivity contribution in [3.63, 3.8) is 0 Å². The molecule has 0 aliphatic rings. The first-order chi connectivity index (χ1) is 14.7. The zero-order valence-corrected chi connectivity index (χ0v) is 19.1. The van der Waals surface area contributed by atoms with E-state index in [1.54, 1.807) is 26.0 Å². The van der Waals surface area contributed by atoms with E-state index in [2.05, 4.69) is 5.32 Å². The first-order valence-corrected chi connectivity index (χ1v) is 11.4. The fourth-order valence-corrected chi connectivity index (χ4v) is 4.80. The number of halogens is 1. The number of carbonyl (C=O) groups is 2. The van der Waals surface area contributed by atoms with E-state index in [-0.39, 0.29) is 35.1 Å². The summed E-state index contributed by atoms with van der Waals surface area (Å²) >= 11 is 6.06. The molecule has 168 valence electrons. The van der Waals surface area contributed by atoms with Crippen LogP contribution < -0.4 is 10.1 Å². The molecule has 0 aromatic heterocycles. The van der Waals surface area contributed by atoms with E-state index in [0.29, 0.717) is 5.75 Å². The zero-order chi connectivity index (χ0) is 23.0. The second-order valence-corrected chi connectivity index (χ2v) is 8.71. The molecule has 10 heteroatoms. The van der Waals surface area contributed by atoms with Gasteiger partial charge < -0.3 is 14.8 Å². The van der Waals surface area contributed by atoms with Crippen LogP contribution in [0, 0.1) is 0 Å². The maximum atomic E-state index is 12.7. The normalized spacial score (nSPS) is 11.3. The number of amides is 1. The van der Waals surface area contributed by atoms with Crippen LogP contribution >= 0.6 is 11.6 Å². The molecule has 0 saturated carbocycles. The van der Waals surface area contributed by atoms with E-state index < -0.39 is 28.5 Å². The Labute approximate surface area is 187 Å². The molecule has 2 aromatic carbocycles. The molecule has 0 bridgehead atoms. The number of esters is 1. The number of hydrogen-bond acceptors (Lipinski definition) is 6. The number of methoxy groups -OCH3 is 1. The summed E-state index contributed by atoms with van der Waals surface area (Å²) in [5, 5.41) is 2.63. The van der Waals surface area contributed by atoms with Crippen molar-refractivity contribution < 1.29 is 27.5 Å². The highest BCUT2D eigenvalue weighted by atomic mass is 35.5. The molecule has 0 saturated heterocycles. The minimum atomic E-state index is -3.86. The van der Waals surface area contributed by atoms with E-state index in [1.807, 2.05) is 12.1 Å². The topological polar surface area (TPSA) is 102 Å². The molecule has 2 aromatic rings. The number of sulfonamides is 1. The molecule has 8 nitrogen and oxygen atoms in total. The largest absolute Gasteiger partial charge is 0.496 e. The Morgan fingerprint density at radius 3 is 2.42 bits per heavy atom. The summed E-state index contributed by atoms with van der Waals surface area (Å²) in [5.74, 6) is -0.716. The molecule has 0 heterocycles. The van der Waals surface area contributed by atoms with Crippen LogP contribution in [0.3, 0.4) is 0 Å². The van der Waals surface area contributed by atoms with Gasteiger partial charge in [0.05, 0.1) is 17.7 Å². The van der Waals surface area contributed by atoms with Gasteiger partial charge in [0.25, 0.3) is 5.91 Å². The van der Waals surface area contributed by atoms with Crippen LogP contribution in [-0.2, 0) is 26.1 Å². The van der Waals surface area contributed by atoms with Crippen LogP contribution in [0.2, 0.25) is 5.02 Å². The molecule has 1 N–H and O–H groups in total. The van der Waals surface area contributed by atoms with Gasteiger partial charge in [-0.05, 0) is 24.3 Å². The summed E-state index contributed by atoms with van der Waals surface area (Å²) < 4.78 is 37.0. The molecule has 0 spiro atoms. The van der Waals surface area contributed by atoms with Gasteiger partial charge in [-0.15, -0.1) is 0 Å². The monoisotopic (exact) mass is 468 g/mol. The highest BCUT2D eigenvalue weighted by Gasteiger charge is 2.26. The molecule has 0 unspecified atom stereocenters. The molecular weight excluding hydrogens is 444 g/mol. The highest BCUT2D eigenvalue weighted by molar-refractivity contribution is 7.89. The number of rotatable bonds is 10. The lowest BCUT2D eigenvalue weighted by atomic mass is 10.2. The lowest BCUT2D eigenvalue weighted by Gasteiger charge is -2.19. The van der Waals surface area contributed by atoms with Crippen LogP contribution in [0.1, 0.15) is 29.8 Å². The van der Waals surface area contributed by atoms with E-state index in [9.17, 15) is 18.0 Å². The van der Waals surface area contributed by atoms with E-state index >= 15 is 0 Å². The van der Waals surface area contributed by atoms with Gasteiger partial charge in [0.1, 0.15) is 10.6 Å². The third-order valence-electron chi connectivity index (χ3n) is 4.49. The quantitative estimate of drug-likeness (QED) is 0.538. The van der Waals surface area contributed by atoms with Crippen LogP contribution in [0.25, 0.3) is 0 Å². The third kappa shape index (κ3) is 6.19. The lowest BCUT2D eigenvalue weighted by Crippen LogP contribution is -2.31. The van der Waals surface area contributed by atoms with Gasteiger partial charge in [-0.1, -0.05) is 43.6 Å². The number of benzene rings is 2. The van der Waals surface area contributed by atoms with Crippen molar-refractivity contribution in [2.75, 3.05) is 26.8 Å². The smallest absolute Gasteiger partial charge is 0.338 e. The number of carbonyl (C=O) groups excluding carboxylic acids is 2. The second kappa shape index (κ2) is 11.1. The summed E-state index contributed by atoms with van der Waals surface area (Å²) in [6.45, 7) is 3.61. The van der Waals surface area contributed by atoms with Crippen molar-refractivity contribution in [3.8, 4) is 5.75 Å². The molecule has 0 radical (unpaired) electrons. The van der Waals surface area contributed by atoms with Gasteiger partial charge in [-0.3, -0.25) is 4.79 Å². The Kier molecular flexibility index (Phi) is 8.85. The predicted octanol–water partition coefficient (Wildman–Crippen LogP) is 2.85. The first kappa shape index (κ1) is 24.6. The third-order valence-corrected chi connectivity index (χ3v) is 7.02. The Morgan fingerprint density at radius 2 is 1.77 bits per heavy atom. The zero-order valence-electron chi connectivity index (χ0n) is 17.6. The van der Waals surface area contributed by atoms with E-state index in [4.69, 9.17) is 21.1 Å². The first-order valence-electron chi connectivity index (χ1n) is 9.60. The fraction of sp³-hybridized carbons (Fsp3) is 0.333. The summed E-state index contributed by atoms with van der Waals surface area (Å²) in [7, 11) is -2.33.